The summed E-state index contributed by atoms with van der Waals surface area (Å²) in [7, 11) is 1.47. The smallest absolute Gasteiger partial charge is 0.409 e. The van der Waals surface area contributed by atoms with Crippen LogP contribution in [-0.2, 0) is 4.74 Å². The molecule has 1 saturated carbocycles. The molecule has 1 amide bonds. The lowest BCUT2D eigenvalue weighted by Crippen LogP contribution is -2.47. The molecule has 0 spiro atoms. The lowest BCUT2D eigenvalue weighted by Gasteiger charge is -2.45. The Labute approximate surface area is 98.1 Å². The Morgan fingerprint density at radius 3 is 2.31 bits per heavy atom. The Morgan fingerprint density at radius 1 is 1.12 bits per heavy atom. The number of carbonyl (C=O) groups excluding carboxylic acids is 1. The summed E-state index contributed by atoms with van der Waals surface area (Å²) in [4.78, 5) is 13.8. The molecule has 16 heavy (non-hydrogen) atoms. The van der Waals surface area contributed by atoms with E-state index in [9.17, 15) is 4.79 Å². The Kier molecular flexibility index (Phi) is 2.31. The van der Waals surface area contributed by atoms with Gasteiger partial charge < -0.3 is 9.64 Å². The molecule has 0 aromatic carbocycles. The van der Waals surface area contributed by atoms with Gasteiger partial charge in [-0.15, -0.1) is 0 Å². The van der Waals surface area contributed by atoms with Crippen molar-refractivity contribution in [3.63, 3.8) is 0 Å². The second-order valence-corrected chi connectivity index (χ2v) is 7.06. The lowest BCUT2D eigenvalue weighted by molar-refractivity contribution is 0.0560. The largest absolute Gasteiger partial charge is 0.453 e. The van der Waals surface area contributed by atoms with Gasteiger partial charge in [0.2, 0.25) is 0 Å². The standard InChI is InChI=1S/C13H23NO2/c1-11(2)6-12(3)8-13(4,7-11)14(9-12)10(15)16-5/h6-9H2,1-5H3. The summed E-state index contributed by atoms with van der Waals surface area (Å²) in [6, 6.07) is 0. The number of ether oxygens (including phenoxy) is 1. The lowest BCUT2D eigenvalue weighted by atomic mass is 9.61. The van der Waals surface area contributed by atoms with Gasteiger partial charge in [-0.05, 0) is 37.0 Å². The highest BCUT2D eigenvalue weighted by atomic mass is 16.5. The summed E-state index contributed by atoms with van der Waals surface area (Å²) in [6.45, 7) is 9.97. The summed E-state index contributed by atoms with van der Waals surface area (Å²) in [5, 5.41) is 0. The van der Waals surface area contributed by atoms with Crippen LogP contribution in [0.25, 0.3) is 0 Å². The number of rotatable bonds is 0. The fourth-order valence-corrected chi connectivity index (χ4v) is 4.56. The SMILES string of the molecule is COC(=O)N1CC2(C)CC(C)(C)CC1(C)C2. The van der Waals surface area contributed by atoms with Crippen molar-refractivity contribution in [2.75, 3.05) is 13.7 Å². The maximum Gasteiger partial charge on any atom is 0.409 e. The molecule has 2 bridgehead atoms. The molecule has 2 unspecified atom stereocenters. The Bertz CT molecular complexity index is 326. The zero-order chi connectivity index (χ0) is 12.2. The first-order valence-corrected chi connectivity index (χ1v) is 6.05. The van der Waals surface area contributed by atoms with Crippen LogP contribution in [0.1, 0.15) is 47.0 Å². The quantitative estimate of drug-likeness (QED) is 0.634. The van der Waals surface area contributed by atoms with Gasteiger partial charge in [-0.2, -0.15) is 0 Å². The van der Waals surface area contributed by atoms with Crippen molar-refractivity contribution in [2.24, 2.45) is 10.8 Å². The molecule has 1 aliphatic carbocycles. The zero-order valence-electron chi connectivity index (χ0n) is 11.1. The highest BCUT2D eigenvalue weighted by Crippen LogP contribution is 2.57. The Balaban J connectivity index is 2.32. The van der Waals surface area contributed by atoms with E-state index in [4.69, 9.17) is 4.74 Å². The molecule has 1 saturated heterocycles. The molecule has 0 aromatic rings. The van der Waals surface area contributed by atoms with E-state index in [-0.39, 0.29) is 17.0 Å². The van der Waals surface area contributed by atoms with E-state index in [2.05, 4.69) is 27.7 Å². The van der Waals surface area contributed by atoms with Gasteiger partial charge in [-0.3, -0.25) is 0 Å². The molecule has 2 fully saturated rings. The van der Waals surface area contributed by atoms with Crippen molar-refractivity contribution in [3.8, 4) is 0 Å². The van der Waals surface area contributed by atoms with Gasteiger partial charge in [0.25, 0.3) is 0 Å². The summed E-state index contributed by atoms with van der Waals surface area (Å²) in [5.41, 5.74) is 0.582. The maximum absolute atomic E-state index is 11.8. The van der Waals surface area contributed by atoms with E-state index in [0.29, 0.717) is 5.41 Å². The number of hydrogen-bond donors (Lipinski definition) is 0. The van der Waals surface area contributed by atoms with Crippen molar-refractivity contribution in [1.29, 1.82) is 0 Å². The minimum atomic E-state index is -0.163. The van der Waals surface area contributed by atoms with E-state index >= 15 is 0 Å². The minimum Gasteiger partial charge on any atom is -0.453 e. The topological polar surface area (TPSA) is 29.5 Å². The van der Waals surface area contributed by atoms with Crippen molar-refractivity contribution < 1.29 is 9.53 Å². The maximum atomic E-state index is 11.8. The first-order valence-electron chi connectivity index (χ1n) is 6.05. The van der Waals surface area contributed by atoms with Crippen LogP contribution in [0.3, 0.4) is 0 Å². The van der Waals surface area contributed by atoms with Crippen molar-refractivity contribution in [3.05, 3.63) is 0 Å². The van der Waals surface area contributed by atoms with E-state index in [1.54, 1.807) is 0 Å². The third-order valence-corrected chi connectivity index (χ3v) is 4.16. The second-order valence-electron chi connectivity index (χ2n) is 7.06. The van der Waals surface area contributed by atoms with Crippen molar-refractivity contribution in [1.82, 2.24) is 4.90 Å². The van der Waals surface area contributed by atoms with E-state index in [1.165, 1.54) is 13.5 Å². The van der Waals surface area contributed by atoms with Gasteiger partial charge in [0.05, 0.1) is 7.11 Å². The van der Waals surface area contributed by atoms with Crippen LogP contribution < -0.4 is 0 Å². The van der Waals surface area contributed by atoms with Gasteiger partial charge in [-0.1, -0.05) is 20.8 Å². The van der Waals surface area contributed by atoms with Gasteiger partial charge in [0.1, 0.15) is 0 Å². The molecule has 1 heterocycles. The summed E-state index contributed by atoms with van der Waals surface area (Å²) in [5.74, 6) is 0. The molecule has 2 atom stereocenters. The number of nitrogens with zero attached hydrogens (tertiary/aromatic N) is 1. The molecule has 0 N–H and O–H groups in total. The number of fused-ring (bicyclic) bond motifs is 2. The Hall–Kier alpha value is -0.730. The van der Waals surface area contributed by atoms with E-state index in [0.717, 1.165) is 19.4 Å². The molecular formula is C13H23NO2. The van der Waals surface area contributed by atoms with Crippen molar-refractivity contribution in [2.45, 2.75) is 52.5 Å². The number of methoxy groups -OCH3 is 1. The summed E-state index contributed by atoms with van der Waals surface area (Å²) >= 11 is 0. The van der Waals surface area contributed by atoms with Crippen LogP contribution in [0.15, 0.2) is 0 Å². The van der Waals surface area contributed by atoms with E-state index < -0.39 is 0 Å². The van der Waals surface area contributed by atoms with Crippen LogP contribution in [-0.4, -0.2) is 30.2 Å². The molecule has 92 valence electrons. The van der Waals surface area contributed by atoms with Crippen LogP contribution >= 0.6 is 0 Å². The van der Waals surface area contributed by atoms with Crippen LogP contribution in [0.2, 0.25) is 0 Å². The zero-order valence-corrected chi connectivity index (χ0v) is 11.1. The average molecular weight is 225 g/mol. The molecule has 3 nitrogen and oxygen atoms in total. The minimum absolute atomic E-state index is 0.0103. The van der Waals surface area contributed by atoms with Crippen LogP contribution in [0, 0.1) is 10.8 Å². The highest BCUT2D eigenvalue weighted by Gasteiger charge is 2.57. The molecule has 1 aliphatic heterocycles. The molecule has 2 rings (SSSR count). The second kappa shape index (κ2) is 3.14. The fourth-order valence-electron chi connectivity index (χ4n) is 4.56. The van der Waals surface area contributed by atoms with Crippen molar-refractivity contribution >= 4 is 6.09 Å². The van der Waals surface area contributed by atoms with Crippen LogP contribution in [0.5, 0.6) is 0 Å². The monoisotopic (exact) mass is 225 g/mol. The van der Waals surface area contributed by atoms with Gasteiger partial charge >= 0.3 is 6.09 Å². The normalized spacial score (nSPS) is 40.9. The fraction of sp³-hybridized carbons (Fsp3) is 0.923. The number of carbonyl (C=O) groups is 1. The third kappa shape index (κ3) is 1.70. The summed E-state index contributed by atoms with van der Waals surface area (Å²) in [6.07, 6.45) is 3.22. The molecule has 2 aliphatic rings. The first kappa shape index (κ1) is 11.7. The summed E-state index contributed by atoms with van der Waals surface area (Å²) < 4.78 is 4.91. The molecule has 0 radical (unpaired) electrons. The molecule has 0 aromatic heterocycles. The van der Waals surface area contributed by atoms with Gasteiger partial charge in [0.15, 0.2) is 0 Å². The average Bonchev–Trinajstić information content (AvgIpc) is 2.28. The predicted octanol–water partition coefficient (Wildman–Crippen LogP) is 3.04. The van der Waals surface area contributed by atoms with Gasteiger partial charge in [0, 0.05) is 12.1 Å². The van der Waals surface area contributed by atoms with E-state index in [1.807, 2.05) is 4.90 Å². The molecular weight excluding hydrogens is 202 g/mol. The predicted molar refractivity (Wildman–Crippen MR) is 63.3 cm³/mol. The number of likely N-dealkylation sites (tertiary alicyclic amines) is 1. The number of hydrogen-bond acceptors (Lipinski definition) is 2. The third-order valence-electron chi connectivity index (χ3n) is 4.16. The first-order chi connectivity index (χ1) is 7.20. The van der Waals surface area contributed by atoms with Crippen LogP contribution in [0.4, 0.5) is 4.79 Å². The number of amides is 1. The Morgan fingerprint density at radius 2 is 1.75 bits per heavy atom. The van der Waals surface area contributed by atoms with Gasteiger partial charge in [-0.25, -0.2) is 4.79 Å². The highest BCUT2D eigenvalue weighted by molar-refractivity contribution is 5.69. The molecule has 3 heteroatoms.